The van der Waals surface area contributed by atoms with Crippen molar-refractivity contribution in [1.82, 2.24) is 35.6 Å². The van der Waals surface area contributed by atoms with Crippen LogP contribution in [-0.2, 0) is 9.59 Å². The van der Waals surface area contributed by atoms with Gasteiger partial charge in [-0.05, 0) is 91.1 Å². The Hall–Kier alpha value is -3.53. The molecule has 0 spiro atoms. The third-order valence-electron chi connectivity index (χ3n) is 8.14. The largest absolute Gasteiger partial charge is 0.348 e. The van der Waals surface area contributed by atoms with Crippen molar-refractivity contribution >= 4 is 29.3 Å². The molecule has 2 saturated heterocycles. The van der Waals surface area contributed by atoms with Gasteiger partial charge in [0.25, 0.3) is 5.91 Å². The van der Waals surface area contributed by atoms with Gasteiger partial charge in [-0.15, -0.1) is 0 Å². The van der Waals surface area contributed by atoms with Crippen LogP contribution in [0.3, 0.4) is 0 Å². The predicted molar refractivity (Wildman–Crippen MR) is 156 cm³/mol. The number of carbonyl (C=O) groups excluding carboxylic acids is 3. The van der Waals surface area contributed by atoms with Crippen LogP contribution >= 0.6 is 0 Å². The molecule has 0 atom stereocenters. The Labute approximate surface area is 236 Å². The summed E-state index contributed by atoms with van der Waals surface area (Å²) in [5.41, 5.74) is 4.88. The normalized spacial score (nSPS) is 18.1. The van der Waals surface area contributed by atoms with Gasteiger partial charge in [-0.1, -0.05) is 5.57 Å². The Morgan fingerprint density at radius 2 is 1.82 bits per heavy atom. The first kappa shape index (κ1) is 29.5. The third kappa shape index (κ3) is 6.78. The number of rotatable bonds is 9. The summed E-state index contributed by atoms with van der Waals surface area (Å²) in [5, 5.41) is 14.3. The highest BCUT2D eigenvalue weighted by Gasteiger charge is 2.31. The van der Waals surface area contributed by atoms with E-state index in [9.17, 15) is 14.4 Å². The van der Waals surface area contributed by atoms with Crippen LogP contribution in [0.1, 0.15) is 88.3 Å². The lowest BCUT2D eigenvalue weighted by atomic mass is 9.90. The van der Waals surface area contributed by atoms with Gasteiger partial charge in [-0.2, -0.15) is 5.10 Å². The molecule has 0 aliphatic carbocycles. The molecule has 10 heteroatoms. The Kier molecular flexibility index (Phi) is 9.73. The third-order valence-corrected chi connectivity index (χ3v) is 8.14. The van der Waals surface area contributed by atoms with Gasteiger partial charge in [0, 0.05) is 48.9 Å². The molecule has 2 aliphatic rings. The number of pyridine rings is 1. The fourth-order valence-electron chi connectivity index (χ4n) is 5.57. The van der Waals surface area contributed by atoms with E-state index in [1.54, 1.807) is 6.20 Å². The van der Waals surface area contributed by atoms with Crippen molar-refractivity contribution in [3.8, 4) is 0 Å². The van der Waals surface area contributed by atoms with Gasteiger partial charge in [-0.25, -0.2) is 9.67 Å². The van der Waals surface area contributed by atoms with E-state index in [-0.39, 0.29) is 29.7 Å². The van der Waals surface area contributed by atoms with E-state index in [4.69, 9.17) is 4.98 Å². The van der Waals surface area contributed by atoms with E-state index in [2.05, 4.69) is 34.9 Å². The van der Waals surface area contributed by atoms with Gasteiger partial charge >= 0.3 is 0 Å². The zero-order chi connectivity index (χ0) is 28.8. The van der Waals surface area contributed by atoms with Crippen molar-refractivity contribution < 1.29 is 14.4 Å². The van der Waals surface area contributed by atoms with Crippen LogP contribution in [0.5, 0.6) is 0 Å². The molecule has 0 saturated carbocycles. The second kappa shape index (κ2) is 13.2. The van der Waals surface area contributed by atoms with E-state index < -0.39 is 0 Å². The Morgan fingerprint density at radius 1 is 1.12 bits per heavy atom. The minimum absolute atomic E-state index is 0.100. The molecule has 4 heterocycles. The van der Waals surface area contributed by atoms with Crippen LogP contribution in [0.25, 0.3) is 11.0 Å². The lowest BCUT2D eigenvalue weighted by Gasteiger charge is -2.35. The Balaban J connectivity index is 1.53. The first-order valence-corrected chi connectivity index (χ1v) is 14.4. The Morgan fingerprint density at radius 3 is 2.48 bits per heavy atom. The van der Waals surface area contributed by atoms with Crippen LogP contribution in [0.4, 0.5) is 0 Å². The number of piperidine rings is 2. The topological polar surface area (TPSA) is 121 Å². The number of amides is 3. The van der Waals surface area contributed by atoms with Crippen molar-refractivity contribution in [3.63, 3.8) is 0 Å². The number of hydrogen-bond acceptors (Lipinski definition) is 6. The van der Waals surface area contributed by atoms with Crippen LogP contribution in [0.2, 0.25) is 0 Å². The number of fused-ring (bicyclic) bond motifs is 1. The van der Waals surface area contributed by atoms with Gasteiger partial charge in [0.15, 0.2) is 5.65 Å². The zero-order valence-corrected chi connectivity index (χ0v) is 24.4. The average Bonchev–Trinajstić information content (AvgIpc) is 3.40. The van der Waals surface area contributed by atoms with Gasteiger partial charge < -0.3 is 20.9 Å². The fourth-order valence-corrected chi connectivity index (χ4v) is 5.57. The maximum atomic E-state index is 13.5. The number of nitrogens with one attached hydrogen (secondary N) is 3. The van der Waals surface area contributed by atoms with E-state index in [1.807, 2.05) is 42.5 Å². The first-order valence-electron chi connectivity index (χ1n) is 14.4. The molecule has 0 aromatic carbocycles. The quantitative estimate of drug-likeness (QED) is 0.326. The molecule has 2 aromatic heterocycles. The minimum atomic E-state index is -0.172. The van der Waals surface area contributed by atoms with Crippen molar-refractivity contribution in [3.05, 3.63) is 46.4 Å². The molecule has 40 heavy (non-hydrogen) atoms. The molecule has 2 fully saturated rings. The first-order chi connectivity index (χ1) is 19.2. The summed E-state index contributed by atoms with van der Waals surface area (Å²) < 4.78 is 1.87. The number of hydrogen-bond donors (Lipinski definition) is 3. The van der Waals surface area contributed by atoms with Crippen molar-refractivity contribution in [2.75, 3.05) is 32.7 Å². The molecular weight excluding hydrogens is 506 g/mol. The number of nitrogens with zero attached hydrogens (tertiary/aromatic N) is 4. The smallest absolute Gasteiger partial charge is 0.252 e. The molecule has 3 N–H and O–H groups in total. The maximum absolute atomic E-state index is 13.5. The van der Waals surface area contributed by atoms with Crippen molar-refractivity contribution in [1.29, 1.82) is 0 Å². The van der Waals surface area contributed by atoms with Gasteiger partial charge in [0.1, 0.15) is 0 Å². The fraction of sp³-hybridized carbons (Fsp3) is 0.567. The molecule has 0 radical (unpaired) electrons. The molecule has 0 unspecified atom stereocenters. The van der Waals surface area contributed by atoms with E-state index in [0.29, 0.717) is 37.3 Å². The summed E-state index contributed by atoms with van der Waals surface area (Å²) in [6, 6.07) is 2.02. The van der Waals surface area contributed by atoms with Crippen LogP contribution < -0.4 is 16.0 Å². The van der Waals surface area contributed by atoms with Crippen LogP contribution in [0, 0.1) is 5.92 Å². The second-order valence-corrected chi connectivity index (χ2v) is 11.4. The lowest BCUT2D eigenvalue weighted by molar-refractivity contribution is -0.137. The monoisotopic (exact) mass is 549 g/mol. The minimum Gasteiger partial charge on any atom is -0.348 e. The number of aromatic nitrogens is 3. The summed E-state index contributed by atoms with van der Waals surface area (Å²) in [5.74, 6) is 0.414. The highest BCUT2D eigenvalue weighted by Crippen LogP contribution is 2.31. The summed E-state index contributed by atoms with van der Waals surface area (Å²) in [6.07, 6.45) is 7.74. The Bertz CT molecular complexity index is 1300. The van der Waals surface area contributed by atoms with Crippen molar-refractivity contribution in [2.45, 2.75) is 72.3 Å². The summed E-state index contributed by atoms with van der Waals surface area (Å²) in [4.78, 5) is 44.3. The number of carbonyl (C=O) groups is 3. The second-order valence-electron chi connectivity index (χ2n) is 11.4. The molecular formula is C30H43N7O3. The SMILES string of the molecule is C/C(=C/C(C)=C(\C)CNC(=O)c1cc(C2CCN(C(=O)C3CCNCC3)CC2)nc2c1cnn2C(C)C)NC=O. The molecule has 0 bridgehead atoms. The van der Waals surface area contributed by atoms with Gasteiger partial charge in [-0.3, -0.25) is 14.4 Å². The molecule has 2 aromatic rings. The highest BCUT2D eigenvalue weighted by molar-refractivity contribution is 6.05. The van der Waals surface area contributed by atoms with E-state index in [1.165, 1.54) is 0 Å². The van der Waals surface area contributed by atoms with Gasteiger partial charge in [0.2, 0.25) is 12.3 Å². The van der Waals surface area contributed by atoms with E-state index in [0.717, 1.165) is 66.7 Å². The molecule has 4 rings (SSSR count). The summed E-state index contributed by atoms with van der Waals surface area (Å²) in [7, 11) is 0. The van der Waals surface area contributed by atoms with Gasteiger partial charge in [0.05, 0.1) is 17.1 Å². The zero-order valence-electron chi connectivity index (χ0n) is 24.4. The summed E-state index contributed by atoms with van der Waals surface area (Å²) >= 11 is 0. The van der Waals surface area contributed by atoms with Crippen LogP contribution in [0.15, 0.2) is 35.2 Å². The van der Waals surface area contributed by atoms with Crippen LogP contribution in [-0.4, -0.2) is 70.6 Å². The molecule has 10 nitrogen and oxygen atoms in total. The number of allylic oxidation sites excluding steroid dienone is 3. The van der Waals surface area contributed by atoms with E-state index >= 15 is 0 Å². The number of likely N-dealkylation sites (tertiary alicyclic amines) is 1. The lowest BCUT2D eigenvalue weighted by Crippen LogP contribution is -2.44. The standard InChI is InChI=1S/C30H43N7O3/c1-19(2)37-28-26(17-34-37)25(29(39)32-16-21(4)20(3)14-22(5)33-18-38)15-27(35-28)23-8-12-36(13-9-23)30(40)24-6-10-31-11-7-24/h14-15,17-19,23-24,31H,6-13,16H2,1-5H3,(H,32,39)(H,33,38)/b21-20+,22-14-. The molecule has 2 aliphatic heterocycles. The average molecular weight is 550 g/mol. The molecule has 216 valence electrons. The molecule has 3 amide bonds. The highest BCUT2D eigenvalue weighted by atomic mass is 16.2. The summed E-state index contributed by atoms with van der Waals surface area (Å²) in [6.45, 7) is 13.5. The predicted octanol–water partition coefficient (Wildman–Crippen LogP) is 3.43. The van der Waals surface area contributed by atoms with Crippen molar-refractivity contribution in [2.24, 2.45) is 5.92 Å². The maximum Gasteiger partial charge on any atom is 0.252 e.